The van der Waals surface area contributed by atoms with Crippen LogP contribution >= 0.6 is 0 Å². The zero-order valence-corrected chi connectivity index (χ0v) is 11.2. The molecule has 0 saturated carbocycles. The highest BCUT2D eigenvalue weighted by Gasteiger charge is 2.11. The van der Waals surface area contributed by atoms with Crippen molar-refractivity contribution in [1.82, 2.24) is 9.78 Å². The van der Waals surface area contributed by atoms with Gasteiger partial charge in [-0.1, -0.05) is 0 Å². The summed E-state index contributed by atoms with van der Waals surface area (Å²) in [5, 5.41) is 17.1. The molecule has 0 bridgehead atoms. The number of nitrogens with one attached hydrogen (secondary N) is 1. The number of phenolic OH excluding ortho intramolecular Hbond substituents is 1. The number of ether oxygens (including phenoxy) is 2. The lowest BCUT2D eigenvalue weighted by atomic mass is 10.2. The molecule has 0 aliphatic rings. The van der Waals surface area contributed by atoms with Gasteiger partial charge in [0.2, 0.25) is 5.75 Å². The summed E-state index contributed by atoms with van der Waals surface area (Å²) in [6.45, 7) is 0.576. The summed E-state index contributed by atoms with van der Waals surface area (Å²) in [6.07, 6.45) is 1.72. The first-order valence-electron chi connectivity index (χ1n) is 5.81. The molecule has 0 aliphatic heterocycles. The van der Waals surface area contributed by atoms with Crippen LogP contribution in [0.4, 0.5) is 5.82 Å². The van der Waals surface area contributed by atoms with Gasteiger partial charge in [0.05, 0.1) is 20.4 Å². The number of anilines is 1. The number of rotatable bonds is 5. The standard InChI is InChI=1S/C13H17N3O3/c1-16-12(4-5-15-16)14-8-9-6-10(18-2)13(17)11(7-9)19-3/h4-7,14,17H,8H2,1-3H3. The number of aromatic nitrogens is 2. The van der Waals surface area contributed by atoms with Crippen LogP contribution in [0.1, 0.15) is 5.56 Å². The third-order valence-corrected chi connectivity index (χ3v) is 2.83. The van der Waals surface area contributed by atoms with E-state index in [9.17, 15) is 5.11 Å². The molecule has 0 spiro atoms. The summed E-state index contributed by atoms with van der Waals surface area (Å²) >= 11 is 0. The topological polar surface area (TPSA) is 68.5 Å². The molecule has 1 aromatic carbocycles. The average Bonchev–Trinajstić information content (AvgIpc) is 2.83. The molecule has 0 radical (unpaired) electrons. The van der Waals surface area contributed by atoms with Gasteiger partial charge in [-0.2, -0.15) is 5.10 Å². The van der Waals surface area contributed by atoms with Crippen molar-refractivity contribution in [2.45, 2.75) is 6.54 Å². The highest BCUT2D eigenvalue weighted by atomic mass is 16.5. The molecule has 0 saturated heterocycles. The zero-order valence-electron chi connectivity index (χ0n) is 11.2. The van der Waals surface area contributed by atoms with E-state index in [4.69, 9.17) is 9.47 Å². The van der Waals surface area contributed by atoms with Crippen molar-refractivity contribution in [1.29, 1.82) is 0 Å². The van der Waals surface area contributed by atoms with Gasteiger partial charge in [0, 0.05) is 19.7 Å². The minimum absolute atomic E-state index is 0.00860. The van der Waals surface area contributed by atoms with Crippen molar-refractivity contribution in [2.24, 2.45) is 7.05 Å². The Morgan fingerprint density at radius 2 is 1.89 bits per heavy atom. The van der Waals surface area contributed by atoms with E-state index >= 15 is 0 Å². The average molecular weight is 263 g/mol. The van der Waals surface area contributed by atoms with Crippen LogP contribution in [0.5, 0.6) is 17.2 Å². The Kier molecular flexibility index (Phi) is 3.79. The largest absolute Gasteiger partial charge is 0.502 e. The summed E-state index contributed by atoms with van der Waals surface area (Å²) in [7, 11) is 4.87. The van der Waals surface area contributed by atoms with Crippen LogP contribution < -0.4 is 14.8 Å². The van der Waals surface area contributed by atoms with Crippen LogP contribution in [0.3, 0.4) is 0 Å². The van der Waals surface area contributed by atoms with E-state index in [2.05, 4.69) is 10.4 Å². The van der Waals surface area contributed by atoms with Crippen molar-refractivity contribution in [2.75, 3.05) is 19.5 Å². The summed E-state index contributed by atoms with van der Waals surface area (Å²) in [4.78, 5) is 0. The van der Waals surface area contributed by atoms with E-state index in [1.165, 1.54) is 14.2 Å². The minimum atomic E-state index is 0.00860. The Morgan fingerprint density at radius 3 is 2.37 bits per heavy atom. The normalized spacial score (nSPS) is 10.3. The molecule has 2 N–H and O–H groups in total. The van der Waals surface area contributed by atoms with Gasteiger partial charge in [0.15, 0.2) is 11.5 Å². The fourth-order valence-corrected chi connectivity index (χ4v) is 1.79. The van der Waals surface area contributed by atoms with E-state index in [0.717, 1.165) is 11.4 Å². The third-order valence-electron chi connectivity index (χ3n) is 2.83. The number of aryl methyl sites for hydroxylation is 1. The molecule has 0 fully saturated rings. The predicted molar refractivity (Wildman–Crippen MR) is 71.7 cm³/mol. The van der Waals surface area contributed by atoms with Crippen LogP contribution in [-0.4, -0.2) is 29.1 Å². The molecule has 19 heavy (non-hydrogen) atoms. The lowest BCUT2D eigenvalue weighted by Gasteiger charge is -2.12. The molecule has 0 aliphatic carbocycles. The number of methoxy groups -OCH3 is 2. The Balaban J connectivity index is 2.18. The summed E-state index contributed by atoms with van der Waals surface area (Å²) in [6, 6.07) is 5.41. The molecule has 6 heteroatoms. The SMILES string of the molecule is COc1cc(CNc2ccnn2C)cc(OC)c1O. The number of nitrogens with zero attached hydrogens (tertiary/aromatic N) is 2. The Hall–Kier alpha value is -2.37. The van der Waals surface area contributed by atoms with E-state index in [1.807, 2.05) is 13.1 Å². The van der Waals surface area contributed by atoms with E-state index < -0.39 is 0 Å². The van der Waals surface area contributed by atoms with Crippen LogP contribution in [0, 0.1) is 0 Å². The van der Waals surface area contributed by atoms with E-state index in [1.54, 1.807) is 23.0 Å². The van der Waals surface area contributed by atoms with Gasteiger partial charge >= 0.3 is 0 Å². The summed E-state index contributed by atoms with van der Waals surface area (Å²) < 4.78 is 12.0. The second-order valence-corrected chi connectivity index (χ2v) is 4.04. The highest BCUT2D eigenvalue weighted by molar-refractivity contribution is 5.53. The maximum absolute atomic E-state index is 9.83. The highest BCUT2D eigenvalue weighted by Crippen LogP contribution is 2.37. The van der Waals surface area contributed by atoms with Crippen molar-refractivity contribution in [3.8, 4) is 17.2 Å². The van der Waals surface area contributed by atoms with Crippen LogP contribution in [0.15, 0.2) is 24.4 Å². The minimum Gasteiger partial charge on any atom is -0.502 e. The van der Waals surface area contributed by atoms with Gasteiger partial charge in [-0.25, -0.2) is 0 Å². The first-order valence-corrected chi connectivity index (χ1v) is 5.81. The molecule has 2 rings (SSSR count). The van der Waals surface area contributed by atoms with E-state index in [-0.39, 0.29) is 5.75 Å². The first-order chi connectivity index (χ1) is 9.15. The summed E-state index contributed by atoms with van der Waals surface area (Å²) in [5.74, 6) is 1.70. The third kappa shape index (κ3) is 2.73. The number of hydrogen-bond donors (Lipinski definition) is 2. The Morgan fingerprint density at radius 1 is 1.26 bits per heavy atom. The maximum Gasteiger partial charge on any atom is 0.200 e. The molecule has 2 aromatic rings. The van der Waals surface area contributed by atoms with Gasteiger partial charge < -0.3 is 19.9 Å². The second-order valence-electron chi connectivity index (χ2n) is 4.04. The number of benzene rings is 1. The molecular weight excluding hydrogens is 246 g/mol. The monoisotopic (exact) mass is 263 g/mol. The van der Waals surface area contributed by atoms with Gasteiger partial charge in [-0.05, 0) is 17.7 Å². The van der Waals surface area contributed by atoms with Crippen molar-refractivity contribution >= 4 is 5.82 Å². The van der Waals surface area contributed by atoms with Gasteiger partial charge in [0.25, 0.3) is 0 Å². The fourth-order valence-electron chi connectivity index (χ4n) is 1.79. The zero-order chi connectivity index (χ0) is 13.8. The summed E-state index contributed by atoms with van der Waals surface area (Å²) in [5.41, 5.74) is 0.938. The first kappa shape index (κ1) is 13.1. The molecule has 0 unspecified atom stereocenters. The Labute approximate surface area is 111 Å². The number of aromatic hydroxyl groups is 1. The smallest absolute Gasteiger partial charge is 0.200 e. The second kappa shape index (κ2) is 5.51. The molecule has 1 heterocycles. The molecular formula is C13H17N3O3. The Bertz CT molecular complexity index is 541. The van der Waals surface area contributed by atoms with Crippen molar-refractivity contribution in [3.63, 3.8) is 0 Å². The van der Waals surface area contributed by atoms with Crippen LogP contribution in [-0.2, 0) is 13.6 Å². The van der Waals surface area contributed by atoms with E-state index in [0.29, 0.717) is 18.0 Å². The molecule has 0 amide bonds. The van der Waals surface area contributed by atoms with Crippen LogP contribution in [0.25, 0.3) is 0 Å². The number of phenols is 1. The lowest BCUT2D eigenvalue weighted by molar-refractivity contribution is 0.339. The van der Waals surface area contributed by atoms with Gasteiger partial charge in [-0.15, -0.1) is 0 Å². The molecule has 102 valence electrons. The van der Waals surface area contributed by atoms with Gasteiger partial charge in [0.1, 0.15) is 5.82 Å². The molecule has 1 aromatic heterocycles. The maximum atomic E-state index is 9.83. The van der Waals surface area contributed by atoms with Crippen molar-refractivity contribution < 1.29 is 14.6 Å². The predicted octanol–water partition coefficient (Wildman–Crippen LogP) is 1.75. The quantitative estimate of drug-likeness (QED) is 0.860. The van der Waals surface area contributed by atoms with Crippen LogP contribution in [0.2, 0.25) is 0 Å². The van der Waals surface area contributed by atoms with Crippen molar-refractivity contribution in [3.05, 3.63) is 30.0 Å². The molecule has 6 nitrogen and oxygen atoms in total. The fraction of sp³-hybridized carbons (Fsp3) is 0.308. The number of hydrogen-bond acceptors (Lipinski definition) is 5. The van der Waals surface area contributed by atoms with Gasteiger partial charge in [-0.3, -0.25) is 4.68 Å². The molecule has 0 atom stereocenters. The lowest BCUT2D eigenvalue weighted by Crippen LogP contribution is -2.05.